The van der Waals surface area contributed by atoms with Gasteiger partial charge in [0.2, 0.25) is 5.89 Å². The normalized spacial score (nSPS) is 12.8. The van der Waals surface area contributed by atoms with E-state index in [1.165, 1.54) is 0 Å². The molecule has 1 atom stereocenters. The largest absolute Gasteiger partial charge is 0.480 e. The molecule has 0 aliphatic carbocycles. The molecule has 3 N–H and O–H groups in total. The van der Waals surface area contributed by atoms with Gasteiger partial charge in [-0.2, -0.15) is 0 Å². The molecule has 1 heterocycles. The van der Waals surface area contributed by atoms with E-state index in [0.29, 0.717) is 5.89 Å². The van der Waals surface area contributed by atoms with Crippen LogP contribution in [0.4, 0.5) is 0 Å². The minimum absolute atomic E-state index is 0.162. The van der Waals surface area contributed by atoms with E-state index in [-0.39, 0.29) is 11.8 Å². The third-order valence-electron chi connectivity index (χ3n) is 1.25. The smallest absolute Gasteiger partial charge is 0.316 e. The van der Waals surface area contributed by atoms with Gasteiger partial charge in [0, 0.05) is 0 Å². The lowest BCUT2D eigenvalue weighted by atomic mass is 10.5. The maximum Gasteiger partial charge on any atom is 0.316 e. The molecule has 13 heavy (non-hydrogen) atoms. The van der Waals surface area contributed by atoms with Crippen LogP contribution in [0, 0.1) is 0 Å². The van der Waals surface area contributed by atoms with Gasteiger partial charge in [-0.25, -0.2) is 0 Å². The summed E-state index contributed by atoms with van der Waals surface area (Å²) in [7, 11) is 0. The topological polar surface area (TPSA) is 102 Å². The van der Waals surface area contributed by atoms with E-state index < -0.39 is 11.2 Å². The first-order valence-corrected chi connectivity index (χ1v) is 4.43. The number of aliphatic carboxylic acids is 1. The van der Waals surface area contributed by atoms with Crippen molar-refractivity contribution in [3.63, 3.8) is 0 Å². The Labute approximate surface area is 78.5 Å². The molecule has 0 fully saturated rings. The van der Waals surface area contributed by atoms with E-state index in [9.17, 15) is 4.79 Å². The summed E-state index contributed by atoms with van der Waals surface area (Å²) in [6, 6.07) is 0. The Morgan fingerprint density at radius 2 is 2.46 bits per heavy atom. The van der Waals surface area contributed by atoms with Crippen molar-refractivity contribution in [3.05, 3.63) is 5.89 Å². The highest BCUT2D eigenvalue weighted by Crippen LogP contribution is 2.21. The molecular weight excluding hydrogens is 194 g/mol. The van der Waals surface area contributed by atoms with Gasteiger partial charge < -0.3 is 15.3 Å². The molecule has 0 bridgehead atoms. The van der Waals surface area contributed by atoms with Crippen molar-refractivity contribution < 1.29 is 14.3 Å². The van der Waals surface area contributed by atoms with Crippen molar-refractivity contribution in [1.82, 2.24) is 10.2 Å². The summed E-state index contributed by atoms with van der Waals surface area (Å²) in [6.45, 7) is 1.70. The Morgan fingerprint density at radius 1 is 1.77 bits per heavy atom. The lowest BCUT2D eigenvalue weighted by molar-refractivity contribution is -0.136. The third-order valence-corrected chi connectivity index (χ3v) is 2.17. The monoisotopic (exact) mass is 203 g/mol. The van der Waals surface area contributed by atoms with Crippen molar-refractivity contribution in [2.75, 3.05) is 0 Å². The van der Waals surface area contributed by atoms with Gasteiger partial charge >= 0.3 is 5.97 Å². The molecule has 0 spiro atoms. The molecular formula is C6H9N3O3S. The Kier molecular flexibility index (Phi) is 3.26. The van der Waals surface area contributed by atoms with Gasteiger partial charge in [-0.3, -0.25) is 4.79 Å². The number of rotatable bonds is 4. The lowest BCUT2D eigenvalue weighted by Gasteiger charge is -1.99. The Balaban J connectivity index is 2.58. The molecule has 1 unspecified atom stereocenters. The van der Waals surface area contributed by atoms with Crippen LogP contribution in [0.3, 0.4) is 0 Å². The molecule has 7 heteroatoms. The molecule has 0 aliphatic rings. The summed E-state index contributed by atoms with van der Waals surface area (Å²) in [5, 5.41) is 15.4. The van der Waals surface area contributed by atoms with Crippen molar-refractivity contribution in [2.24, 2.45) is 5.73 Å². The van der Waals surface area contributed by atoms with Crippen molar-refractivity contribution >= 4 is 17.7 Å². The van der Waals surface area contributed by atoms with E-state index in [0.717, 1.165) is 11.8 Å². The molecule has 0 saturated carbocycles. The maximum atomic E-state index is 10.4. The number of nitrogens with two attached hydrogens (primary N) is 1. The van der Waals surface area contributed by atoms with Crippen LogP contribution < -0.4 is 5.73 Å². The third kappa shape index (κ3) is 2.71. The van der Waals surface area contributed by atoms with Crippen LogP contribution in [0.25, 0.3) is 0 Å². The highest BCUT2D eigenvalue weighted by molar-refractivity contribution is 8.00. The number of hydrogen-bond donors (Lipinski definition) is 2. The standard InChI is InChI=1S/C6H9N3O3S/c1-3(5(10)11)13-6-9-8-4(2-7)12-6/h3H,2,7H2,1H3,(H,10,11). The van der Waals surface area contributed by atoms with Gasteiger partial charge in [0.05, 0.1) is 6.54 Å². The Morgan fingerprint density at radius 3 is 2.92 bits per heavy atom. The predicted octanol–water partition coefficient (Wildman–Crippen LogP) is 0.0935. The van der Waals surface area contributed by atoms with Crippen molar-refractivity contribution in [2.45, 2.75) is 23.9 Å². The quantitative estimate of drug-likeness (QED) is 0.668. The van der Waals surface area contributed by atoms with E-state index in [1.807, 2.05) is 0 Å². The van der Waals surface area contributed by atoms with Crippen LogP contribution in [-0.4, -0.2) is 26.5 Å². The maximum absolute atomic E-state index is 10.4. The number of carboxylic acids is 1. The fourth-order valence-corrected chi connectivity index (χ4v) is 1.21. The number of thioether (sulfide) groups is 1. The summed E-state index contributed by atoms with van der Waals surface area (Å²) in [6.07, 6.45) is 0. The zero-order valence-electron chi connectivity index (χ0n) is 6.93. The zero-order chi connectivity index (χ0) is 9.84. The van der Waals surface area contributed by atoms with Gasteiger partial charge in [-0.1, -0.05) is 11.8 Å². The highest BCUT2D eigenvalue weighted by atomic mass is 32.2. The van der Waals surface area contributed by atoms with E-state index in [2.05, 4.69) is 10.2 Å². The summed E-state index contributed by atoms with van der Waals surface area (Å²) in [5.74, 6) is -0.613. The molecule has 6 nitrogen and oxygen atoms in total. The van der Waals surface area contributed by atoms with Gasteiger partial charge in [0.25, 0.3) is 5.22 Å². The van der Waals surface area contributed by atoms with Crippen LogP contribution in [-0.2, 0) is 11.3 Å². The average Bonchev–Trinajstić information content (AvgIpc) is 2.52. The second-order valence-electron chi connectivity index (χ2n) is 2.26. The number of hydrogen-bond acceptors (Lipinski definition) is 6. The van der Waals surface area contributed by atoms with Gasteiger partial charge in [0.15, 0.2) is 0 Å². The van der Waals surface area contributed by atoms with Crippen LogP contribution in [0.1, 0.15) is 12.8 Å². The highest BCUT2D eigenvalue weighted by Gasteiger charge is 2.16. The fraction of sp³-hybridized carbons (Fsp3) is 0.500. The molecule has 72 valence electrons. The van der Waals surface area contributed by atoms with Gasteiger partial charge in [-0.05, 0) is 6.92 Å². The summed E-state index contributed by atoms with van der Waals surface area (Å²) >= 11 is 0.992. The predicted molar refractivity (Wildman–Crippen MR) is 45.1 cm³/mol. The van der Waals surface area contributed by atoms with Gasteiger partial charge in [-0.15, -0.1) is 10.2 Å². The molecule has 1 aromatic rings. The van der Waals surface area contributed by atoms with Crippen LogP contribution >= 0.6 is 11.8 Å². The molecule has 1 aromatic heterocycles. The first-order valence-electron chi connectivity index (χ1n) is 3.55. The summed E-state index contributed by atoms with van der Waals surface area (Å²) < 4.78 is 5.01. The first kappa shape index (κ1) is 10.0. The molecule has 0 aliphatic heterocycles. The summed E-state index contributed by atoms with van der Waals surface area (Å²) in [5.41, 5.74) is 5.23. The second-order valence-corrected chi connectivity index (χ2v) is 3.56. The lowest BCUT2D eigenvalue weighted by Crippen LogP contribution is -2.10. The minimum Gasteiger partial charge on any atom is -0.480 e. The van der Waals surface area contributed by atoms with Crippen LogP contribution in [0.2, 0.25) is 0 Å². The summed E-state index contributed by atoms with van der Waals surface area (Å²) in [4.78, 5) is 10.4. The van der Waals surface area contributed by atoms with E-state index in [1.54, 1.807) is 6.92 Å². The first-order chi connectivity index (χ1) is 6.13. The van der Waals surface area contributed by atoms with E-state index >= 15 is 0 Å². The second kappa shape index (κ2) is 4.24. The zero-order valence-corrected chi connectivity index (χ0v) is 7.74. The SMILES string of the molecule is CC(Sc1nnc(CN)o1)C(=O)O. The Hall–Kier alpha value is -1.08. The Bertz CT molecular complexity index is 301. The number of nitrogens with zero attached hydrogens (tertiary/aromatic N) is 2. The number of carbonyl (C=O) groups is 1. The average molecular weight is 203 g/mol. The van der Waals surface area contributed by atoms with E-state index in [4.69, 9.17) is 15.3 Å². The molecule has 1 rings (SSSR count). The fourth-order valence-electron chi connectivity index (χ4n) is 0.570. The molecule has 0 aromatic carbocycles. The minimum atomic E-state index is -0.919. The van der Waals surface area contributed by atoms with Gasteiger partial charge in [0.1, 0.15) is 5.25 Å². The van der Waals surface area contributed by atoms with Crippen LogP contribution in [0.5, 0.6) is 0 Å². The van der Waals surface area contributed by atoms with Crippen LogP contribution in [0.15, 0.2) is 9.64 Å². The molecule has 0 saturated heterocycles. The van der Waals surface area contributed by atoms with Crippen molar-refractivity contribution in [1.29, 1.82) is 0 Å². The number of carboxylic acid groups (broad SMARTS) is 1. The van der Waals surface area contributed by atoms with Crippen molar-refractivity contribution in [3.8, 4) is 0 Å². The molecule has 0 radical (unpaired) electrons. The number of aromatic nitrogens is 2. The molecule has 0 amide bonds.